The van der Waals surface area contributed by atoms with Crippen molar-refractivity contribution < 1.29 is 27.6 Å². The van der Waals surface area contributed by atoms with Gasteiger partial charge in [0.25, 0.3) is 0 Å². The van der Waals surface area contributed by atoms with Gasteiger partial charge in [-0.1, -0.05) is 12.2 Å². The molecule has 1 unspecified atom stereocenters. The minimum atomic E-state index is -4.18. The van der Waals surface area contributed by atoms with Crippen LogP contribution in [0.2, 0.25) is 0 Å². The van der Waals surface area contributed by atoms with E-state index in [9.17, 15) is 18.6 Å². The lowest BCUT2D eigenvalue weighted by Gasteiger charge is -2.13. The molecular formula is C8H13N5O6S2. The lowest BCUT2D eigenvalue weighted by Crippen LogP contribution is -2.35. The minimum Gasteiger partial charge on any atom is -0.387 e. The Morgan fingerprint density at radius 1 is 1.52 bits per heavy atom. The number of hydrogen-bond donors (Lipinski definition) is 4. The second-order valence-corrected chi connectivity index (χ2v) is 5.90. The summed E-state index contributed by atoms with van der Waals surface area (Å²) in [6.45, 7) is -0.551. The number of nitrogens with zero attached hydrogens (tertiary/aromatic N) is 3. The van der Waals surface area contributed by atoms with Crippen LogP contribution in [0.25, 0.3) is 0 Å². The van der Waals surface area contributed by atoms with E-state index in [1.165, 1.54) is 6.33 Å². The van der Waals surface area contributed by atoms with Crippen LogP contribution in [0, 0.1) is 0 Å². The highest BCUT2D eigenvalue weighted by Crippen LogP contribution is 2.29. The van der Waals surface area contributed by atoms with Crippen molar-refractivity contribution in [2.45, 2.75) is 24.5 Å². The smallest absolute Gasteiger partial charge is 0.333 e. The van der Waals surface area contributed by atoms with Gasteiger partial charge < -0.3 is 20.7 Å². The lowest BCUT2D eigenvalue weighted by molar-refractivity contribution is -0.0549. The van der Waals surface area contributed by atoms with Gasteiger partial charge in [0.1, 0.15) is 29.6 Å². The first kappa shape index (κ1) is 16.2. The van der Waals surface area contributed by atoms with Crippen LogP contribution in [0.1, 0.15) is 12.1 Å². The molecule has 0 aliphatic carbocycles. The predicted octanol–water partition coefficient (Wildman–Crippen LogP) is -3.25. The van der Waals surface area contributed by atoms with Crippen molar-refractivity contribution in [1.82, 2.24) is 14.8 Å². The van der Waals surface area contributed by atoms with E-state index in [0.29, 0.717) is 0 Å². The maximum absolute atomic E-state index is 10.7. The Balaban J connectivity index is 2.10. The van der Waals surface area contributed by atoms with Gasteiger partial charge in [0.05, 0.1) is 6.61 Å². The van der Waals surface area contributed by atoms with Crippen molar-refractivity contribution in [3.63, 3.8) is 0 Å². The third-order valence-electron chi connectivity index (χ3n) is 2.72. The Morgan fingerprint density at radius 2 is 2.19 bits per heavy atom. The van der Waals surface area contributed by atoms with Crippen LogP contribution in [0.3, 0.4) is 0 Å². The first-order valence-electron chi connectivity index (χ1n) is 5.59. The van der Waals surface area contributed by atoms with Gasteiger partial charge in [-0.15, -0.1) is 5.10 Å². The van der Waals surface area contributed by atoms with Gasteiger partial charge in [-0.2, -0.15) is 8.42 Å². The Morgan fingerprint density at radius 3 is 2.71 bits per heavy atom. The van der Waals surface area contributed by atoms with Gasteiger partial charge in [0.2, 0.25) is 5.82 Å². The molecule has 0 spiro atoms. The van der Waals surface area contributed by atoms with E-state index in [0.717, 1.165) is 4.68 Å². The van der Waals surface area contributed by atoms with Crippen molar-refractivity contribution in [3.05, 3.63) is 12.2 Å². The fourth-order valence-electron chi connectivity index (χ4n) is 1.76. The molecule has 1 aliphatic heterocycles. The van der Waals surface area contributed by atoms with E-state index in [2.05, 4.69) is 19.4 Å². The molecule has 21 heavy (non-hydrogen) atoms. The average Bonchev–Trinajstić information content (AvgIpc) is 2.94. The second kappa shape index (κ2) is 5.88. The molecule has 118 valence electrons. The third kappa shape index (κ3) is 3.70. The first-order chi connectivity index (χ1) is 9.69. The number of thiocarbonyl (C=S) groups is 1. The van der Waals surface area contributed by atoms with Crippen LogP contribution in [-0.4, -0.2) is 63.3 Å². The van der Waals surface area contributed by atoms with Crippen molar-refractivity contribution in [2.24, 2.45) is 10.9 Å². The summed E-state index contributed by atoms with van der Waals surface area (Å²) in [6.07, 6.45) is -3.77. The Labute approximate surface area is 124 Å². The first-order valence-corrected chi connectivity index (χ1v) is 7.46. The summed E-state index contributed by atoms with van der Waals surface area (Å²) in [4.78, 5) is 3.75. The molecule has 2 rings (SSSR count). The lowest BCUT2D eigenvalue weighted by atomic mass is 10.1. The molecule has 1 aromatic heterocycles. The normalized spacial score (nSPS) is 29.7. The molecule has 2 heterocycles. The number of aliphatic hydroxyl groups is 2. The van der Waals surface area contributed by atoms with Crippen LogP contribution in [0.5, 0.6) is 0 Å². The number of nitrogens with two attached hydrogens (primary N) is 2. The average molecular weight is 339 g/mol. The third-order valence-corrected chi connectivity index (χ3v) is 3.37. The molecule has 0 radical (unpaired) electrons. The van der Waals surface area contributed by atoms with E-state index < -0.39 is 41.5 Å². The SMILES string of the molecule is NC(=S)c1ncn(C2O[C@H](COS(N)(=O)=O)[C@@H](O)[C@H]2O)n1. The van der Waals surface area contributed by atoms with Crippen LogP contribution in [0.4, 0.5) is 0 Å². The van der Waals surface area contributed by atoms with E-state index in [-0.39, 0.29) is 10.8 Å². The van der Waals surface area contributed by atoms with E-state index in [4.69, 9.17) is 22.7 Å². The Hall–Kier alpha value is -1.22. The summed E-state index contributed by atoms with van der Waals surface area (Å²) < 4.78 is 32.1. The molecule has 13 heteroatoms. The Kier molecular flexibility index (Phi) is 4.52. The molecule has 1 aromatic rings. The van der Waals surface area contributed by atoms with Crippen LogP contribution >= 0.6 is 12.2 Å². The predicted molar refractivity (Wildman–Crippen MR) is 70.9 cm³/mol. The van der Waals surface area contributed by atoms with Gasteiger partial charge in [0, 0.05) is 0 Å². The Bertz CT molecular complexity index is 633. The molecule has 1 aliphatic rings. The van der Waals surface area contributed by atoms with Crippen LogP contribution in [-0.2, 0) is 19.2 Å². The van der Waals surface area contributed by atoms with Crippen LogP contribution < -0.4 is 10.9 Å². The fraction of sp³-hybridized carbons (Fsp3) is 0.625. The molecule has 0 saturated carbocycles. The molecule has 4 atom stereocenters. The number of ether oxygens (including phenoxy) is 1. The van der Waals surface area contributed by atoms with Crippen molar-refractivity contribution in [2.75, 3.05) is 6.61 Å². The molecule has 11 nitrogen and oxygen atoms in total. The van der Waals surface area contributed by atoms with Crippen LogP contribution in [0.15, 0.2) is 6.33 Å². The summed E-state index contributed by atoms with van der Waals surface area (Å²) in [5.41, 5.74) is 5.35. The molecule has 0 aromatic carbocycles. The van der Waals surface area contributed by atoms with E-state index >= 15 is 0 Å². The van der Waals surface area contributed by atoms with Crippen molar-refractivity contribution >= 4 is 27.5 Å². The van der Waals surface area contributed by atoms with Gasteiger partial charge >= 0.3 is 10.3 Å². The molecule has 0 bridgehead atoms. The zero-order valence-electron chi connectivity index (χ0n) is 10.4. The number of hydrogen-bond acceptors (Lipinski definition) is 9. The van der Waals surface area contributed by atoms with Crippen molar-refractivity contribution in [1.29, 1.82) is 0 Å². The number of rotatable bonds is 5. The highest BCUT2D eigenvalue weighted by Gasteiger charge is 2.44. The highest BCUT2D eigenvalue weighted by atomic mass is 32.2. The van der Waals surface area contributed by atoms with Gasteiger partial charge in [-0.25, -0.2) is 14.8 Å². The van der Waals surface area contributed by atoms with E-state index in [1.807, 2.05) is 0 Å². The monoisotopic (exact) mass is 339 g/mol. The largest absolute Gasteiger partial charge is 0.387 e. The maximum Gasteiger partial charge on any atom is 0.333 e. The standard InChI is InChI=1S/C8H13N5O6S2/c9-6(20)7-11-2-13(12-7)8-5(15)4(14)3(19-8)1-18-21(10,16)17/h2-5,8,14-15H,1H2,(H2,9,20)(H2,10,16,17)/t3-,4-,5-,8?/m1/s1. The quantitative estimate of drug-likeness (QED) is 0.398. The number of aliphatic hydroxyl groups excluding tert-OH is 2. The molecule has 6 N–H and O–H groups in total. The second-order valence-electron chi connectivity index (χ2n) is 4.24. The summed E-state index contributed by atoms with van der Waals surface area (Å²) in [5, 5.41) is 28.2. The topological polar surface area (TPSA) is 176 Å². The summed E-state index contributed by atoms with van der Waals surface area (Å²) >= 11 is 4.69. The minimum absolute atomic E-state index is 0.0455. The highest BCUT2D eigenvalue weighted by molar-refractivity contribution is 7.84. The summed E-state index contributed by atoms with van der Waals surface area (Å²) in [6, 6.07) is 0. The summed E-state index contributed by atoms with van der Waals surface area (Å²) in [7, 11) is -4.18. The molecular weight excluding hydrogens is 326 g/mol. The van der Waals surface area contributed by atoms with E-state index in [1.54, 1.807) is 0 Å². The maximum atomic E-state index is 10.7. The molecule has 0 amide bonds. The van der Waals surface area contributed by atoms with Gasteiger partial charge in [0.15, 0.2) is 6.23 Å². The van der Waals surface area contributed by atoms with Crippen molar-refractivity contribution in [3.8, 4) is 0 Å². The zero-order chi connectivity index (χ0) is 15.8. The molecule has 1 saturated heterocycles. The zero-order valence-corrected chi connectivity index (χ0v) is 12.1. The molecule has 1 fully saturated rings. The van der Waals surface area contributed by atoms with Gasteiger partial charge in [-0.3, -0.25) is 4.18 Å². The van der Waals surface area contributed by atoms with Gasteiger partial charge in [-0.05, 0) is 0 Å². The number of aromatic nitrogens is 3. The summed E-state index contributed by atoms with van der Waals surface area (Å²) in [5.74, 6) is 0.0690. The fourth-order valence-corrected chi connectivity index (χ4v) is 2.17.